The van der Waals surface area contributed by atoms with E-state index in [1.54, 1.807) is 12.1 Å². The third kappa shape index (κ3) is 5.61. The van der Waals surface area contributed by atoms with Crippen molar-refractivity contribution in [3.8, 4) is 0 Å². The molecule has 3 unspecified atom stereocenters. The molecule has 0 aliphatic carbocycles. The van der Waals surface area contributed by atoms with Gasteiger partial charge < -0.3 is 10.2 Å². The standard InChI is InChI=1S/C17H29FN2S/c1-6-19-17(15-9-7-8-10-16(15)18)13(2)11-20(4)14(3)12-21-5/h7-10,13-14,17,19H,6,11-12H2,1-5H3. The summed E-state index contributed by atoms with van der Waals surface area (Å²) in [5.41, 5.74) is 0.776. The number of nitrogens with one attached hydrogen (secondary N) is 1. The van der Waals surface area contributed by atoms with Gasteiger partial charge in [0.2, 0.25) is 0 Å². The second-order valence-corrected chi connectivity index (χ2v) is 6.69. The maximum atomic E-state index is 14.1. The summed E-state index contributed by atoms with van der Waals surface area (Å²) in [5, 5.41) is 3.44. The van der Waals surface area contributed by atoms with E-state index in [1.807, 2.05) is 23.9 Å². The van der Waals surface area contributed by atoms with Crippen molar-refractivity contribution >= 4 is 11.8 Å². The van der Waals surface area contributed by atoms with Crippen molar-refractivity contribution in [2.24, 2.45) is 5.92 Å². The van der Waals surface area contributed by atoms with Crippen molar-refractivity contribution < 1.29 is 4.39 Å². The Hall–Kier alpha value is -0.580. The average Bonchev–Trinajstić information content (AvgIpc) is 2.45. The van der Waals surface area contributed by atoms with E-state index in [1.165, 1.54) is 0 Å². The predicted molar refractivity (Wildman–Crippen MR) is 92.5 cm³/mol. The molecule has 0 heterocycles. The van der Waals surface area contributed by atoms with Crippen LogP contribution >= 0.6 is 11.8 Å². The first-order valence-electron chi connectivity index (χ1n) is 7.68. The van der Waals surface area contributed by atoms with E-state index in [0.717, 1.165) is 24.4 Å². The van der Waals surface area contributed by atoms with Crippen LogP contribution in [0.4, 0.5) is 4.39 Å². The minimum Gasteiger partial charge on any atom is -0.310 e. The van der Waals surface area contributed by atoms with Crippen molar-refractivity contribution in [2.75, 3.05) is 32.1 Å². The second kappa shape index (κ2) is 9.44. The van der Waals surface area contributed by atoms with Gasteiger partial charge in [-0.25, -0.2) is 4.39 Å². The van der Waals surface area contributed by atoms with Crippen LogP contribution in [-0.4, -0.2) is 43.1 Å². The summed E-state index contributed by atoms with van der Waals surface area (Å²) in [6.07, 6.45) is 2.13. The van der Waals surface area contributed by atoms with Crippen LogP contribution in [0.2, 0.25) is 0 Å². The molecule has 0 saturated carbocycles. The van der Waals surface area contributed by atoms with E-state index in [0.29, 0.717) is 12.0 Å². The van der Waals surface area contributed by atoms with Crippen LogP contribution in [0.15, 0.2) is 24.3 Å². The van der Waals surface area contributed by atoms with Crippen LogP contribution in [0.3, 0.4) is 0 Å². The quantitative estimate of drug-likeness (QED) is 0.747. The Balaban J connectivity index is 2.78. The number of thioether (sulfide) groups is 1. The van der Waals surface area contributed by atoms with Gasteiger partial charge in [0.25, 0.3) is 0 Å². The van der Waals surface area contributed by atoms with Gasteiger partial charge >= 0.3 is 0 Å². The molecule has 0 spiro atoms. The fourth-order valence-corrected chi connectivity index (χ4v) is 3.41. The summed E-state index contributed by atoms with van der Waals surface area (Å²) < 4.78 is 14.1. The number of halogens is 1. The van der Waals surface area contributed by atoms with Crippen LogP contribution in [0, 0.1) is 11.7 Å². The van der Waals surface area contributed by atoms with Crippen LogP contribution in [0.5, 0.6) is 0 Å². The number of rotatable bonds is 9. The maximum Gasteiger partial charge on any atom is 0.127 e. The largest absolute Gasteiger partial charge is 0.310 e. The molecule has 0 radical (unpaired) electrons. The average molecular weight is 312 g/mol. The lowest BCUT2D eigenvalue weighted by Gasteiger charge is -2.32. The molecule has 1 N–H and O–H groups in total. The Morgan fingerprint density at radius 2 is 1.95 bits per heavy atom. The van der Waals surface area contributed by atoms with Gasteiger partial charge in [-0.05, 0) is 38.8 Å². The van der Waals surface area contributed by atoms with E-state index in [-0.39, 0.29) is 11.9 Å². The van der Waals surface area contributed by atoms with Gasteiger partial charge in [0.05, 0.1) is 0 Å². The highest BCUT2D eigenvalue weighted by Crippen LogP contribution is 2.25. The molecule has 21 heavy (non-hydrogen) atoms. The van der Waals surface area contributed by atoms with Crippen molar-refractivity contribution in [2.45, 2.75) is 32.9 Å². The van der Waals surface area contributed by atoms with E-state index < -0.39 is 0 Å². The predicted octanol–water partition coefficient (Wildman–Crippen LogP) is 3.80. The summed E-state index contributed by atoms with van der Waals surface area (Å²) in [4.78, 5) is 2.37. The minimum atomic E-state index is -0.116. The van der Waals surface area contributed by atoms with E-state index in [4.69, 9.17) is 0 Å². The van der Waals surface area contributed by atoms with Crippen molar-refractivity contribution in [3.63, 3.8) is 0 Å². The molecule has 120 valence electrons. The number of hydrogen-bond acceptors (Lipinski definition) is 3. The van der Waals surface area contributed by atoms with Crippen molar-refractivity contribution in [3.05, 3.63) is 35.6 Å². The van der Waals surface area contributed by atoms with E-state index >= 15 is 0 Å². The third-order valence-electron chi connectivity index (χ3n) is 3.97. The molecule has 0 saturated heterocycles. The number of nitrogens with zero attached hydrogens (tertiary/aromatic N) is 1. The van der Waals surface area contributed by atoms with Crippen LogP contribution in [0.1, 0.15) is 32.4 Å². The summed E-state index contributed by atoms with van der Waals surface area (Å²) in [6, 6.07) is 7.69. The number of hydrogen-bond donors (Lipinski definition) is 1. The molecule has 0 aliphatic rings. The fourth-order valence-electron chi connectivity index (χ4n) is 2.67. The molecule has 2 nitrogen and oxygen atoms in total. The Labute approximate surface area is 133 Å². The first-order chi connectivity index (χ1) is 10.0. The molecule has 4 heteroatoms. The van der Waals surface area contributed by atoms with Gasteiger partial charge in [0.1, 0.15) is 5.82 Å². The molecular formula is C17H29FN2S. The van der Waals surface area contributed by atoms with Gasteiger partial charge in [-0.2, -0.15) is 11.8 Å². The zero-order valence-electron chi connectivity index (χ0n) is 13.9. The lowest BCUT2D eigenvalue weighted by Crippen LogP contribution is -2.39. The topological polar surface area (TPSA) is 15.3 Å². The van der Waals surface area contributed by atoms with Crippen LogP contribution < -0.4 is 5.32 Å². The molecule has 0 aliphatic heterocycles. The first-order valence-corrected chi connectivity index (χ1v) is 9.07. The lowest BCUT2D eigenvalue weighted by atomic mass is 9.93. The molecule has 0 bridgehead atoms. The molecule has 1 aromatic rings. The Morgan fingerprint density at radius 3 is 2.52 bits per heavy atom. The molecule has 1 rings (SSSR count). The third-order valence-corrected chi connectivity index (χ3v) is 4.79. The molecule has 0 fully saturated rings. The zero-order valence-corrected chi connectivity index (χ0v) is 14.7. The van der Waals surface area contributed by atoms with Gasteiger partial charge in [0, 0.05) is 29.9 Å². The Bertz CT molecular complexity index is 414. The normalized spacial score (nSPS) is 16.0. The van der Waals surface area contributed by atoms with E-state index in [2.05, 4.69) is 44.3 Å². The summed E-state index contributed by atoms with van der Waals surface area (Å²) in [7, 11) is 2.15. The second-order valence-electron chi connectivity index (χ2n) is 5.78. The zero-order chi connectivity index (χ0) is 15.8. The Morgan fingerprint density at radius 1 is 1.29 bits per heavy atom. The smallest absolute Gasteiger partial charge is 0.127 e. The van der Waals surface area contributed by atoms with Gasteiger partial charge in [-0.1, -0.05) is 32.0 Å². The fraction of sp³-hybridized carbons (Fsp3) is 0.647. The van der Waals surface area contributed by atoms with E-state index in [9.17, 15) is 4.39 Å². The van der Waals surface area contributed by atoms with Gasteiger partial charge in [-0.15, -0.1) is 0 Å². The maximum absolute atomic E-state index is 14.1. The van der Waals surface area contributed by atoms with Crippen molar-refractivity contribution in [1.29, 1.82) is 0 Å². The molecule has 0 amide bonds. The Kier molecular flexibility index (Phi) is 8.30. The lowest BCUT2D eigenvalue weighted by molar-refractivity contribution is 0.212. The summed E-state index contributed by atoms with van der Waals surface area (Å²) >= 11 is 1.87. The number of benzene rings is 1. The van der Waals surface area contributed by atoms with Crippen LogP contribution in [-0.2, 0) is 0 Å². The van der Waals surface area contributed by atoms with Crippen molar-refractivity contribution in [1.82, 2.24) is 10.2 Å². The van der Waals surface area contributed by atoms with Gasteiger partial charge in [0.15, 0.2) is 0 Å². The monoisotopic (exact) mass is 312 g/mol. The van der Waals surface area contributed by atoms with Gasteiger partial charge in [-0.3, -0.25) is 0 Å². The molecule has 0 aromatic heterocycles. The highest BCUT2D eigenvalue weighted by atomic mass is 32.2. The highest BCUT2D eigenvalue weighted by Gasteiger charge is 2.23. The summed E-state index contributed by atoms with van der Waals surface area (Å²) in [5.74, 6) is 1.35. The molecule has 1 aromatic carbocycles. The van der Waals surface area contributed by atoms with Crippen LogP contribution in [0.25, 0.3) is 0 Å². The SMILES string of the molecule is CCNC(c1ccccc1F)C(C)CN(C)C(C)CSC. The highest BCUT2D eigenvalue weighted by molar-refractivity contribution is 7.98. The molecule has 3 atom stereocenters. The first kappa shape index (κ1) is 18.5. The molecular weight excluding hydrogens is 283 g/mol. The summed E-state index contributed by atoms with van der Waals surface area (Å²) in [6.45, 7) is 8.30. The minimum absolute atomic E-state index is 0.0557.